The molecule has 1 aliphatic heterocycles. The van der Waals surface area contributed by atoms with Crippen LogP contribution in [0.25, 0.3) is 0 Å². The lowest BCUT2D eigenvalue weighted by Crippen LogP contribution is -2.46. The molecule has 1 aliphatic rings. The molecule has 0 unspecified atom stereocenters. The lowest BCUT2D eigenvalue weighted by Gasteiger charge is -2.34. The van der Waals surface area contributed by atoms with Gasteiger partial charge in [0.25, 0.3) is 0 Å². The number of nitrogens with zero attached hydrogens (tertiary/aromatic N) is 1. The fourth-order valence-corrected chi connectivity index (χ4v) is 2.39. The van der Waals surface area contributed by atoms with Gasteiger partial charge in [0.1, 0.15) is 5.82 Å². The number of nitrogens with one attached hydrogen (secondary N) is 1. The van der Waals surface area contributed by atoms with E-state index in [1.165, 1.54) is 6.07 Å². The minimum absolute atomic E-state index is 0.259. The van der Waals surface area contributed by atoms with E-state index in [0.29, 0.717) is 18.7 Å². The molecule has 0 saturated carbocycles. The topological polar surface area (TPSA) is 35.5 Å². The van der Waals surface area contributed by atoms with Crippen molar-refractivity contribution in [1.82, 2.24) is 10.2 Å². The summed E-state index contributed by atoms with van der Waals surface area (Å²) in [7, 11) is 0. The molecule has 2 N–H and O–H groups in total. The van der Waals surface area contributed by atoms with Crippen molar-refractivity contribution in [3.05, 3.63) is 35.1 Å². The summed E-state index contributed by atoms with van der Waals surface area (Å²) in [5, 5.41) is 12.6. The summed E-state index contributed by atoms with van der Waals surface area (Å²) in [6, 6.07) is 2.35. The summed E-state index contributed by atoms with van der Waals surface area (Å²) in [5.74, 6) is -1.30. The molecule has 0 spiro atoms. The highest BCUT2D eigenvalue weighted by Crippen LogP contribution is 2.33. The van der Waals surface area contributed by atoms with Gasteiger partial charge in [0.2, 0.25) is 0 Å². The van der Waals surface area contributed by atoms with Crippen LogP contribution in [0.2, 0.25) is 0 Å². The Morgan fingerprint density at radius 1 is 1.25 bits per heavy atom. The fourth-order valence-electron chi connectivity index (χ4n) is 2.39. The van der Waals surface area contributed by atoms with Gasteiger partial charge in [-0.15, -0.1) is 0 Å². The lowest BCUT2D eigenvalue weighted by atomic mass is 10.0. The highest BCUT2D eigenvalue weighted by molar-refractivity contribution is 5.28. The van der Waals surface area contributed by atoms with Crippen molar-refractivity contribution in [1.29, 1.82) is 0 Å². The average Bonchev–Trinajstić information content (AvgIpc) is 2.39. The summed E-state index contributed by atoms with van der Waals surface area (Å²) < 4.78 is 51.1. The Morgan fingerprint density at radius 3 is 2.40 bits per heavy atom. The Kier molecular flexibility index (Phi) is 4.62. The van der Waals surface area contributed by atoms with Gasteiger partial charge in [-0.3, -0.25) is 4.90 Å². The normalized spacial score (nSPS) is 19.1. The second-order valence-electron chi connectivity index (χ2n) is 4.72. The number of piperazine rings is 1. The van der Waals surface area contributed by atoms with Crippen LogP contribution in [-0.2, 0) is 6.18 Å². The number of hydrogen-bond donors (Lipinski definition) is 2. The zero-order valence-electron chi connectivity index (χ0n) is 10.8. The molecular weight excluding hydrogens is 276 g/mol. The molecule has 7 heteroatoms. The molecule has 0 aromatic heterocycles. The highest BCUT2D eigenvalue weighted by Gasteiger charge is 2.34. The van der Waals surface area contributed by atoms with E-state index in [9.17, 15) is 22.7 Å². The van der Waals surface area contributed by atoms with Gasteiger partial charge in [-0.25, -0.2) is 4.39 Å². The monoisotopic (exact) mass is 292 g/mol. The first-order valence-electron chi connectivity index (χ1n) is 6.35. The quantitative estimate of drug-likeness (QED) is 0.834. The van der Waals surface area contributed by atoms with E-state index in [2.05, 4.69) is 5.32 Å². The van der Waals surface area contributed by atoms with Gasteiger partial charge in [-0.2, -0.15) is 13.2 Å². The van der Waals surface area contributed by atoms with E-state index >= 15 is 0 Å². The number of aliphatic hydroxyl groups excluding tert-OH is 1. The molecule has 0 radical (unpaired) electrons. The maximum Gasteiger partial charge on any atom is 0.419 e. The first-order chi connectivity index (χ1) is 9.43. The maximum atomic E-state index is 13.6. The van der Waals surface area contributed by atoms with E-state index in [4.69, 9.17) is 0 Å². The molecule has 0 bridgehead atoms. The molecule has 0 amide bonds. The second-order valence-corrected chi connectivity index (χ2v) is 4.72. The first kappa shape index (κ1) is 15.2. The molecule has 1 aromatic carbocycles. The zero-order chi connectivity index (χ0) is 14.8. The van der Waals surface area contributed by atoms with E-state index in [0.717, 1.165) is 25.2 Å². The number of alkyl halides is 3. The van der Waals surface area contributed by atoms with Crippen molar-refractivity contribution in [2.24, 2.45) is 0 Å². The lowest BCUT2D eigenvalue weighted by molar-refractivity contribution is -0.140. The molecule has 20 heavy (non-hydrogen) atoms. The Labute approximate surface area is 114 Å². The number of halogens is 4. The van der Waals surface area contributed by atoms with Crippen molar-refractivity contribution < 1.29 is 22.7 Å². The summed E-state index contributed by atoms with van der Waals surface area (Å²) in [6.07, 6.45) is -4.70. The fraction of sp³-hybridized carbons (Fsp3) is 0.538. The van der Waals surface area contributed by atoms with Crippen LogP contribution in [0.3, 0.4) is 0 Å². The molecule has 2 rings (SSSR count). The highest BCUT2D eigenvalue weighted by atomic mass is 19.4. The number of aliphatic hydroxyl groups is 1. The summed E-state index contributed by atoms with van der Waals surface area (Å²) in [5.41, 5.74) is -0.918. The van der Waals surface area contributed by atoms with Gasteiger partial charge < -0.3 is 10.4 Å². The number of rotatable bonds is 3. The van der Waals surface area contributed by atoms with Crippen LogP contribution in [0.4, 0.5) is 17.6 Å². The van der Waals surface area contributed by atoms with Gasteiger partial charge in [0.05, 0.1) is 18.2 Å². The van der Waals surface area contributed by atoms with Crippen molar-refractivity contribution in [2.75, 3.05) is 32.8 Å². The van der Waals surface area contributed by atoms with Gasteiger partial charge in [0.15, 0.2) is 0 Å². The Balaban J connectivity index is 2.24. The van der Waals surface area contributed by atoms with Crippen LogP contribution >= 0.6 is 0 Å². The zero-order valence-corrected chi connectivity index (χ0v) is 10.8. The largest absolute Gasteiger partial charge is 0.419 e. The Morgan fingerprint density at radius 2 is 1.90 bits per heavy atom. The molecule has 0 aliphatic carbocycles. The Hall–Kier alpha value is -1.18. The van der Waals surface area contributed by atoms with Crippen LogP contribution in [0.5, 0.6) is 0 Å². The van der Waals surface area contributed by atoms with E-state index in [-0.39, 0.29) is 6.61 Å². The van der Waals surface area contributed by atoms with Gasteiger partial charge >= 0.3 is 6.18 Å². The van der Waals surface area contributed by atoms with Crippen LogP contribution in [0.1, 0.15) is 17.2 Å². The van der Waals surface area contributed by atoms with Gasteiger partial charge in [-0.1, -0.05) is 6.07 Å². The summed E-state index contributed by atoms with van der Waals surface area (Å²) >= 11 is 0. The molecule has 1 saturated heterocycles. The van der Waals surface area contributed by atoms with Crippen LogP contribution in [-0.4, -0.2) is 42.8 Å². The SMILES string of the molecule is OC[C@@H](c1ccc(C(F)(F)F)c(F)c1)N1CCNCC1. The standard InChI is InChI=1S/C13H16F4N2O/c14-11-7-9(1-2-10(11)13(15,16)17)12(8-20)19-5-3-18-4-6-19/h1-2,7,12,18,20H,3-6,8H2/t12-/m0/s1. The van der Waals surface area contributed by atoms with E-state index in [1.54, 1.807) is 0 Å². The smallest absolute Gasteiger partial charge is 0.394 e. The molecule has 1 atom stereocenters. The molecule has 1 fully saturated rings. The van der Waals surface area contributed by atoms with Crippen molar-refractivity contribution in [3.8, 4) is 0 Å². The second kappa shape index (κ2) is 6.07. The van der Waals surface area contributed by atoms with Gasteiger partial charge in [0, 0.05) is 26.2 Å². The minimum atomic E-state index is -4.70. The van der Waals surface area contributed by atoms with Gasteiger partial charge in [-0.05, 0) is 17.7 Å². The first-order valence-corrected chi connectivity index (χ1v) is 6.35. The van der Waals surface area contributed by atoms with E-state index < -0.39 is 23.6 Å². The van der Waals surface area contributed by atoms with Crippen molar-refractivity contribution in [3.63, 3.8) is 0 Å². The predicted octanol–water partition coefficient (Wildman–Crippen LogP) is 1.78. The maximum absolute atomic E-state index is 13.6. The summed E-state index contributed by atoms with van der Waals surface area (Å²) in [6.45, 7) is 2.53. The van der Waals surface area contributed by atoms with E-state index in [1.807, 2.05) is 4.90 Å². The number of benzene rings is 1. The minimum Gasteiger partial charge on any atom is -0.394 e. The van der Waals surface area contributed by atoms with Crippen molar-refractivity contribution in [2.45, 2.75) is 12.2 Å². The van der Waals surface area contributed by atoms with Crippen LogP contribution in [0.15, 0.2) is 18.2 Å². The molecule has 3 nitrogen and oxygen atoms in total. The molecule has 1 heterocycles. The summed E-state index contributed by atoms with van der Waals surface area (Å²) in [4.78, 5) is 1.93. The third-order valence-electron chi connectivity index (χ3n) is 3.45. The number of hydrogen-bond acceptors (Lipinski definition) is 3. The molecule has 1 aromatic rings. The van der Waals surface area contributed by atoms with Crippen LogP contribution < -0.4 is 5.32 Å². The van der Waals surface area contributed by atoms with Crippen molar-refractivity contribution >= 4 is 0 Å². The average molecular weight is 292 g/mol. The van der Waals surface area contributed by atoms with Crippen LogP contribution in [0, 0.1) is 5.82 Å². The predicted molar refractivity (Wildman–Crippen MR) is 65.7 cm³/mol. The Bertz CT molecular complexity index is 458. The third kappa shape index (κ3) is 3.28. The molecular formula is C13H16F4N2O. The third-order valence-corrected chi connectivity index (χ3v) is 3.45. The molecule has 112 valence electrons.